The standard InChI is InChI=1S/C55H102O7/c1-4-7-10-13-16-19-22-24-26-28-31-34-37-40-43-46-53(58)61-50-55(48-56,49-60-52(57)45-42-39-36-33-30-21-18-15-12-9-6-3)51-62-54(59)47-44-41-38-35-32-29-27-25-23-20-17-14-11-8-5-2/h24-27,56H,4-23,28-51H2,1-3H3. The average molecular weight is 875 g/mol. The maximum Gasteiger partial charge on any atom is 0.305 e. The zero-order valence-corrected chi connectivity index (χ0v) is 41.3. The van der Waals surface area contributed by atoms with Gasteiger partial charge in [0.2, 0.25) is 0 Å². The summed E-state index contributed by atoms with van der Waals surface area (Å²) in [5.74, 6) is -1.02. The van der Waals surface area contributed by atoms with Crippen LogP contribution in [0.5, 0.6) is 0 Å². The number of esters is 3. The van der Waals surface area contributed by atoms with E-state index in [9.17, 15) is 19.5 Å². The molecule has 0 heterocycles. The smallest absolute Gasteiger partial charge is 0.305 e. The largest absolute Gasteiger partial charge is 0.465 e. The molecule has 0 unspecified atom stereocenters. The summed E-state index contributed by atoms with van der Waals surface area (Å²) in [6, 6.07) is 0. The zero-order valence-electron chi connectivity index (χ0n) is 41.3. The first-order valence-corrected chi connectivity index (χ1v) is 26.8. The van der Waals surface area contributed by atoms with Crippen LogP contribution in [-0.2, 0) is 28.6 Å². The molecule has 1 N–H and O–H groups in total. The summed E-state index contributed by atoms with van der Waals surface area (Å²) in [5.41, 5.74) is -1.19. The second kappa shape index (κ2) is 48.3. The Kier molecular flexibility index (Phi) is 46.6. The van der Waals surface area contributed by atoms with E-state index in [0.29, 0.717) is 19.3 Å². The molecule has 7 heteroatoms. The van der Waals surface area contributed by atoms with Crippen LogP contribution in [0.2, 0.25) is 0 Å². The van der Waals surface area contributed by atoms with Gasteiger partial charge >= 0.3 is 17.9 Å². The minimum Gasteiger partial charge on any atom is -0.465 e. The highest BCUT2D eigenvalue weighted by molar-refractivity contribution is 5.70. The van der Waals surface area contributed by atoms with Crippen molar-refractivity contribution in [1.82, 2.24) is 0 Å². The number of aliphatic hydroxyl groups excluding tert-OH is 1. The first-order valence-electron chi connectivity index (χ1n) is 26.8. The molecular formula is C55H102O7. The highest BCUT2D eigenvalue weighted by atomic mass is 16.6. The number of allylic oxidation sites excluding steroid dienone is 4. The van der Waals surface area contributed by atoms with Crippen molar-refractivity contribution in [3.05, 3.63) is 24.3 Å². The minimum absolute atomic E-state index is 0.165. The normalized spacial score (nSPS) is 12.6. The first-order chi connectivity index (χ1) is 30.4. The quantitative estimate of drug-likeness (QED) is 0.0281. The lowest BCUT2D eigenvalue weighted by molar-refractivity contribution is -0.165. The van der Waals surface area contributed by atoms with Crippen LogP contribution < -0.4 is 0 Å². The summed E-state index contributed by atoms with van der Waals surface area (Å²) in [6.45, 7) is 5.83. The predicted molar refractivity (Wildman–Crippen MR) is 262 cm³/mol. The van der Waals surface area contributed by atoms with E-state index in [1.165, 1.54) is 154 Å². The molecule has 0 aromatic rings. The Bertz CT molecular complexity index is 981. The molecule has 0 aliphatic rings. The Labute approximate surface area is 384 Å². The van der Waals surface area contributed by atoms with Gasteiger partial charge < -0.3 is 19.3 Å². The van der Waals surface area contributed by atoms with Gasteiger partial charge in [-0.1, -0.05) is 212 Å². The van der Waals surface area contributed by atoms with E-state index < -0.39 is 12.0 Å². The van der Waals surface area contributed by atoms with Crippen LogP contribution in [0.3, 0.4) is 0 Å². The van der Waals surface area contributed by atoms with Crippen molar-refractivity contribution in [3.8, 4) is 0 Å². The maximum atomic E-state index is 12.8. The predicted octanol–water partition coefficient (Wildman–Crippen LogP) is 16.4. The summed E-state index contributed by atoms with van der Waals surface area (Å²) in [7, 11) is 0. The van der Waals surface area contributed by atoms with Crippen molar-refractivity contribution in [2.75, 3.05) is 26.4 Å². The van der Waals surface area contributed by atoms with Gasteiger partial charge in [0.25, 0.3) is 0 Å². The van der Waals surface area contributed by atoms with Gasteiger partial charge in [0.1, 0.15) is 19.8 Å². The molecule has 0 fully saturated rings. The second-order valence-electron chi connectivity index (χ2n) is 18.6. The van der Waals surface area contributed by atoms with Gasteiger partial charge in [-0.2, -0.15) is 0 Å². The monoisotopic (exact) mass is 875 g/mol. The van der Waals surface area contributed by atoms with Crippen molar-refractivity contribution in [2.24, 2.45) is 5.41 Å². The summed E-state index contributed by atoms with van der Waals surface area (Å²) in [6.07, 6.45) is 54.3. The highest BCUT2D eigenvalue weighted by Crippen LogP contribution is 2.22. The van der Waals surface area contributed by atoms with Crippen molar-refractivity contribution in [1.29, 1.82) is 0 Å². The van der Waals surface area contributed by atoms with Gasteiger partial charge in [0, 0.05) is 19.3 Å². The van der Waals surface area contributed by atoms with E-state index in [0.717, 1.165) is 83.5 Å². The van der Waals surface area contributed by atoms with E-state index in [1.54, 1.807) is 0 Å². The third-order valence-corrected chi connectivity index (χ3v) is 12.2. The third kappa shape index (κ3) is 43.1. The molecule has 0 aromatic heterocycles. The fraction of sp³-hybridized carbons (Fsp3) is 0.873. The molecule has 0 saturated carbocycles. The molecular weight excluding hydrogens is 773 g/mol. The molecule has 7 nitrogen and oxygen atoms in total. The summed E-state index contributed by atoms with van der Waals surface area (Å²) >= 11 is 0. The van der Waals surface area contributed by atoms with E-state index >= 15 is 0 Å². The first kappa shape index (κ1) is 59.9. The van der Waals surface area contributed by atoms with Crippen LogP contribution in [0.25, 0.3) is 0 Å². The molecule has 0 amide bonds. The van der Waals surface area contributed by atoms with Gasteiger partial charge in [-0.15, -0.1) is 0 Å². The number of carbonyl (C=O) groups is 3. The van der Waals surface area contributed by atoms with Crippen molar-refractivity contribution < 1.29 is 33.7 Å². The number of aliphatic hydroxyl groups is 1. The molecule has 0 rings (SSSR count). The Morgan fingerprint density at radius 2 is 0.548 bits per heavy atom. The molecule has 62 heavy (non-hydrogen) atoms. The van der Waals surface area contributed by atoms with E-state index in [4.69, 9.17) is 14.2 Å². The van der Waals surface area contributed by atoms with Crippen LogP contribution in [-0.4, -0.2) is 49.4 Å². The Hall–Kier alpha value is -2.15. The highest BCUT2D eigenvalue weighted by Gasteiger charge is 2.35. The maximum absolute atomic E-state index is 12.8. The number of carbonyl (C=O) groups excluding carboxylic acids is 3. The molecule has 0 bridgehead atoms. The lowest BCUT2D eigenvalue weighted by Gasteiger charge is -2.30. The van der Waals surface area contributed by atoms with Gasteiger partial charge in [-0.25, -0.2) is 0 Å². The Morgan fingerprint density at radius 1 is 0.339 bits per heavy atom. The number of hydrogen-bond acceptors (Lipinski definition) is 7. The van der Waals surface area contributed by atoms with E-state index in [2.05, 4.69) is 45.1 Å². The van der Waals surface area contributed by atoms with Crippen LogP contribution in [0, 0.1) is 5.41 Å². The van der Waals surface area contributed by atoms with Crippen molar-refractivity contribution in [3.63, 3.8) is 0 Å². The van der Waals surface area contributed by atoms with E-state index in [-0.39, 0.29) is 37.7 Å². The topological polar surface area (TPSA) is 99.1 Å². The van der Waals surface area contributed by atoms with Crippen molar-refractivity contribution in [2.45, 2.75) is 278 Å². The molecule has 0 aliphatic carbocycles. The zero-order chi connectivity index (χ0) is 45.3. The van der Waals surface area contributed by atoms with Gasteiger partial charge in [0.05, 0.1) is 12.0 Å². The van der Waals surface area contributed by atoms with Gasteiger partial charge in [-0.05, 0) is 70.6 Å². The molecule has 0 spiro atoms. The molecule has 0 saturated heterocycles. The van der Waals surface area contributed by atoms with Crippen molar-refractivity contribution >= 4 is 17.9 Å². The van der Waals surface area contributed by atoms with Crippen LogP contribution in [0.15, 0.2) is 24.3 Å². The summed E-state index contributed by atoms with van der Waals surface area (Å²) in [5, 5.41) is 10.5. The number of rotatable bonds is 49. The molecule has 0 radical (unpaired) electrons. The second-order valence-corrected chi connectivity index (χ2v) is 18.6. The number of unbranched alkanes of at least 4 members (excludes halogenated alkanes) is 32. The fourth-order valence-corrected chi connectivity index (χ4v) is 7.79. The van der Waals surface area contributed by atoms with Crippen LogP contribution in [0.1, 0.15) is 278 Å². The van der Waals surface area contributed by atoms with Gasteiger partial charge in [0.15, 0.2) is 0 Å². The third-order valence-electron chi connectivity index (χ3n) is 12.2. The minimum atomic E-state index is -1.19. The summed E-state index contributed by atoms with van der Waals surface area (Å²) < 4.78 is 16.9. The fourth-order valence-electron chi connectivity index (χ4n) is 7.79. The SMILES string of the molecule is CCCCCCCCC=CCCCCCCCC(=O)OCC(CO)(COC(=O)CCCCCCCC=CCCCCCCCC)COC(=O)CCCCCCCCCCCCC. The van der Waals surface area contributed by atoms with Gasteiger partial charge in [-0.3, -0.25) is 14.4 Å². The Morgan fingerprint density at radius 3 is 0.774 bits per heavy atom. The lowest BCUT2D eigenvalue weighted by Crippen LogP contribution is -2.42. The lowest BCUT2D eigenvalue weighted by atomic mass is 9.92. The molecule has 0 aromatic carbocycles. The number of hydrogen-bond donors (Lipinski definition) is 1. The Balaban J connectivity index is 4.60. The van der Waals surface area contributed by atoms with E-state index in [1.807, 2.05) is 0 Å². The van der Waals surface area contributed by atoms with Crippen LogP contribution in [0.4, 0.5) is 0 Å². The average Bonchev–Trinajstić information content (AvgIpc) is 3.28. The van der Waals surface area contributed by atoms with Crippen LogP contribution >= 0.6 is 0 Å². The summed E-state index contributed by atoms with van der Waals surface area (Å²) in [4.78, 5) is 38.3. The molecule has 0 aliphatic heterocycles. The molecule has 0 atom stereocenters. The molecule has 364 valence electrons. The number of ether oxygens (including phenoxy) is 3.